The van der Waals surface area contributed by atoms with Gasteiger partial charge in [-0.15, -0.1) is 0 Å². The van der Waals surface area contributed by atoms with Crippen LogP contribution < -0.4 is 10.6 Å². The highest BCUT2D eigenvalue weighted by atomic mass is 16.2. The fourth-order valence-corrected chi connectivity index (χ4v) is 1.96. The van der Waals surface area contributed by atoms with E-state index >= 15 is 0 Å². The van der Waals surface area contributed by atoms with E-state index in [0.29, 0.717) is 17.7 Å². The number of carbonyl (C=O) groups excluding carboxylic acids is 2. The summed E-state index contributed by atoms with van der Waals surface area (Å²) < 4.78 is 0. The molecule has 0 fully saturated rings. The Kier molecular flexibility index (Phi) is 7.54. The quantitative estimate of drug-likeness (QED) is 0.757. The Labute approximate surface area is 137 Å². The van der Waals surface area contributed by atoms with Crippen molar-refractivity contribution in [2.24, 2.45) is 0 Å². The molecule has 0 aliphatic heterocycles. The van der Waals surface area contributed by atoms with Crippen LogP contribution in [0, 0.1) is 6.92 Å². The van der Waals surface area contributed by atoms with Crippen LogP contribution in [0.3, 0.4) is 0 Å². The van der Waals surface area contributed by atoms with Crippen LogP contribution in [0.1, 0.15) is 43.1 Å². The van der Waals surface area contributed by atoms with Gasteiger partial charge in [-0.25, -0.2) is 4.79 Å². The standard InChI is InChI=1S/C17H18N2O2.C2H6/c1-3-16(20)13-7-9-14(10-8-13)18-17(21)19-15-6-4-5-12(2)11-15;1-2/h4-11H,3H2,1-2H3,(H2,18,19,21);1-2H3. The zero-order chi connectivity index (χ0) is 17.2. The lowest BCUT2D eigenvalue weighted by atomic mass is 10.1. The molecule has 23 heavy (non-hydrogen) atoms. The highest BCUT2D eigenvalue weighted by Gasteiger charge is 2.05. The van der Waals surface area contributed by atoms with Gasteiger partial charge in [-0.1, -0.05) is 32.9 Å². The van der Waals surface area contributed by atoms with Crippen LogP contribution in [0.15, 0.2) is 48.5 Å². The molecular formula is C19H24N2O2. The van der Waals surface area contributed by atoms with Crippen molar-refractivity contribution in [3.8, 4) is 0 Å². The molecule has 0 aliphatic rings. The number of urea groups is 1. The number of Topliss-reactive ketones (excluding diaryl/α,β-unsaturated/α-hetero) is 1. The molecular weight excluding hydrogens is 288 g/mol. The van der Waals surface area contributed by atoms with Crippen molar-refractivity contribution in [3.05, 3.63) is 59.7 Å². The molecule has 4 heteroatoms. The van der Waals surface area contributed by atoms with E-state index in [1.54, 1.807) is 24.3 Å². The normalized spacial score (nSPS) is 9.39. The second-order valence-electron chi connectivity index (χ2n) is 4.80. The van der Waals surface area contributed by atoms with Crippen LogP contribution in [-0.2, 0) is 0 Å². The van der Waals surface area contributed by atoms with Gasteiger partial charge in [0.05, 0.1) is 0 Å². The van der Waals surface area contributed by atoms with Crippen LogP contribution in [0.4, 0.5) is 16.2 Å². The molecule has 2 rings (SSSR count). The number of nitrogens with one attached hydrogen (secondary N) is 2. The van der Waals surface area contributed by atoms with Crippen LogP contribution in [0.5, 0.6) is 0 Å². The van der Waals surface area contributed by atoms with Crippen molar-refractivity contribution in [2.75, 3.05) is 10.6 Å². The summed E-state index contributed by atoms with van der Waals surface area (Å²) in [5, 5.41) is 5.50. The van der Waals surface area contributed by atoms with Gasteiger partial charge in [-0.3, -0.25) is 4.79 Å². The van der Waals surface area contributed by atoms with E-state index in [1.165, 1.54) is 0 Å². The highest BCUT2D eigenvalue weighted by Crippen LogP contribution is 2.13. The Bertz CT molecular complexity index is 649. The molecule has 0 aliphatic carbocycles. The molecule has 0 heterocycles. The number of hydrogen-bond acceptors (Lipinski definition) is 2. The van der Waals surface area contributed by atoms with Crippen LogP contribution >= 0.6 is 0 Å². The van der Waals surface area contributed by atoms with Gasteiger partial charge in [-0.2, -0.15) is 0 Å². The van der Waals surface area contributed by atoms with E-state index in [0.717, 1.165) is 11.3 Å². The third kappa shape index (κ3) is 5.94. The summed E-state index contributed by atoms with van der Waals surface area (Å²) in [7, 11) is 0. The van der Waals surface area contributed by atoms with E-state index in [-0.39, 0.29) is 11.8 Å². The van der Waals surface area contributed by atoms with E-state index in [1.807, 2.05) is 52.0 Å². The number of amides is 2. The number of benzene rings is 2. The van der Waals surface area contributed by atoms with Gasteiger partial charge in [0.1, 0.15) is 0 Å². The molecule has 0 spiro atoms. The van der Waals surface area contributed by atoms with Gasteiger partial charge in [0.15, 0.2) is 5.78 Å². The summed E-state index contributed by atoms with van der Waals surface area (Å²) in [6.07, 6.45) is 0.473. The van der Waals surface area contributed by atoms with Crippen LogP contribution in [-0.4, -0.2) is 11.8 Å². The predicted molar refractivity (Wildman–Crippen MR) is 96.2 cm³/mol. The maximum Gasteiger partial charge on any atom is 0.323 e. The molecule has 4 nitrogen and oxygen atoms in total. The minimum absolute atomic E-state index is 0.0887. The smallest absolute Gasteiger partial charge is 0.308 e. The minimum Gasteiger partial charge on any atom is -0.308 e. The van der Waals surface area contributed by atoms with Gasteiger partial charge in [0.2, 0.25) is 0 Å². The van der Waals surface area contributed by atoms with Crippen molar-refractivity contribution in [3.63, 3.8) is 0 Å². The average Bonchev–Trinajstić information content (AvgIpc) is 2.56. The SMILES string of the molecule is CC.CCC(=O)c1ccc(NC(=O)Nc2cccc(C)c2)cc1. The second kappa shape index (κ2) is 9.41. The van der Waals surface area contributed by atoms with Crippen molar-refractivity contribution >= 4 is 23.2 Å². The fourth-order valence-electron chi connectivity index (χ4n) is 1.96. The van der Waals surface area contributed by atoms with Gasteiger partial charge >= 0.3 is 6.03 Å². The predicted octanol–water partition coefficient (Wildman–Crippen LogP) is 5.26. The molecule has 122 valence electrons. The topological polar surface area (TPSA) is 58.2 Å². The van der Waals surface area contributed by atoms with Gasteiger partial charge in [0.25, 0.3) is 0 Å². The Morgan fingerprint density at radius 2 is 1.52 bits per heavy atom. The fraction of sp³-hybridized carbons (Fsp3) is 0.263. The Hall–Kier alpha value is -2.62. The first-order valence-electron chi connectivity index (χ1n) is 7.86. The first-order valence-corrected chi connectivity index (χ1v) is 7.86. The van der Waals surface area contributed by atoms with Crippen molar-refractivity contribution in [2.45, 2.75) is 34.1 Å². The van der Waals surface area contributed by atoms with Crippen molar-refractivity contribution < 1.29 is 9.59 Å². The molecule has 2 N–H and O–H groups in total. The highest BCUT2D eigenvalue weighted by molar-refractivity contribution is 6.00. The summed E-state index contributed by atoms with van der Waals surface area (Å²) in [6.45, 7) is 7.79. The van der Waals surface area contributed by atoms with E-state index in [9.17, 15) is 9.59 Å². The lowest BCUT2D eigenvalue weighted by Crippen LogP contribution is -2.19. The molecule has 2 aromatic carbocycles. The number of aryl methyl sites for hydroxylation is 1. The van der Waals surface area contributed by atoms with E-state index in [4.69, 9.17) is 0 Å². The molecule has 2 amide bonds. The lowest BCUT2D eigenvalue weighted by Gasteiger charge is -2.08. The summed E-state index contributed by atoms with van der Waals surface area (Å²) >= 11 is 0. The zero-order valence-corrected chi connectivity index (χ0v) is 14.1. The summed E-state index contributed by atoms with van der Waals surface area (Å²) in [6, 6.07) is 14.1. The number of anilines is 2. The zero-order valence-electron chi connectivity index (χ0n) is 14.1. The van der Waals surface area contributed by atoms with Crippen molar-refractivity contribution in [1.82, 2.24) is 0 Å². The summed E-state index contributed by atoms with van der Waals surface area (Å²) in [5.41, 5.74) is 3.12. The third-order valence-corrected chi connectivity index (χ3v) is 3.06. The largest absolute Gasteiger partial charge is 0.323 e. The molecule has 0 aromatic heterocycles. The molecule has 0 bridgehead atoms. The van der Waals surface area contributed by atoms with Crippen molar-refractivity contribution in [1.29, 1.82) is 0 Å². The number of hydrogen-bond donors (Lipinski definition) is 2. The summed E-state index contributed by atoms with van der Waals surface area (Å²) in [5.74, 6) is 0.0887. The van der Waals surface area contributed by atoms with Gasteiger partial charge < -0.3 is 10.6 Å². The first-order chi connectivity index (χ1) is 11.1. The maximum absolute atomic E-state index is 11.9. The first kappa shape index (κ1) is 18.4. The third-order valence-electron chi connectivity index (χ3n) is 3.06. The molecule has 0 saturated carbocycles. The summed E-state index contributed by atoms with van der Waals surface area (Å²) in [4.78, 5) is 23.4. The second-order valence-corrected chi connectivity index (χ2v) is 4.80. The minimum atomic E-state index is -0.310. The lowest BCUT2D eigenvalue weighted by molar-refractivity contribution is 0.0988. The monoisotopic (exact) mass is 312 g/mol. The van der Waals surface area contributed by atoms with E-state index < -0.39 is 0 Å². The Balaban J connectivity index is 0.00000127. The van der Waals surface area contributed by atoms with Gasteiger partial charge in [-0.05, 0) is 48.9 Å². The van der Waals surface area contributed by atoms with E-state index in [2.05, 4.69) is 10.6 Å². The number of carbonyl (C=O) groups is 2. The Morgan fingerprint density at radius 1 is 0.913 bits per heavy atom. The van der Waals surface area contributed by atoms with Gasteiger partial charge in [0, 0.05) is 23.4 Å². The number of rotatable bonds is 4. The van der Waals surface area contributed by atoms with Crippen LogP contribution in [0.25, 0.3) is 0 Å². The molecule has 0 radical (unpaired) electrons. The number of ketones is 1. The Morgan fingerprint density at radius 3 is 2.09 bits per heavy atom. The molecule has 0 unspecified atom stereocenters. The van der Waals surface area contributed by atoms with Crippen LogP contribution in [0.2, 0.25) is 0 Å². The maximum atomic E-state index is 11.9. The molecule has 0 atom stereocenters. The molecule has 2 aromatic rings. The molecule has 0 saturated heterocycles. The average molecular weight is 312 g/mol.